The van der Waals surface area contributed by atoms with Crippen LogP contribution in [0.3, 0.4) is 0 Å². The Kier molecular flexibility index (Phi) is 4.70. The Morgan fingerprint density at radius 2 is 2.31 bits per heavy atom. The third-order valence-electron chi connectivity index (χ3n) is 2.68. The fourth-order valence-electron chi connectivity index (χ4n) is 1.70. The molecule has 0 bridgehead atoms. The average Bonchev–Trinajstić information content (AvgIpc) is 2.27. The van der Waals surface area contributed by atoms with Crippen molar-refractivity contribution in [1.82, 2.24) is 4.90 Å². The van der Waals surface area contributed by atoms with Crippen LogP contribution < -0.4 is 5.73 Å². The number of morpholine rings is 1. The van der Waals surface area contributed by atoms with E-state index in [9.17, 15) is 9.59 Å². The molecule has 1 fully saturated rings. The highest BCUT2D eigenvalue weighted by Crippen LogP contribution is 2.12. The van der Waals surface area contributed by atoms with Crippen molar-refractivity contribution in [3.05, 3.63) is 0 Å². The highest BCUT2D eigenvalue weighted by molar-refractivity contribution is 5.82. The first kappa shape index (κ1) is 12.9. The lowest BCUT2D eigenvalue weighted by atomic mass is 10.1. The van der Waals surface area contributed by atoms with Crippen molar-refractivity contribution in [2.24, 2.45) is 5.73 Å². The molecule has 0 radical (unpaired) electrons. The summed E-state index contributed by atoms with van der Waals surface area (Å²) in [7, 11) is 0. The van der Waals surface area contributed by atoms with Gasteiger partial charge in [-0.3, -0.25) is 9.59 Å². The SMILES string of the molecule is CC[C@@H](N)C(=O)N1CCOCC1CC(=O)O. The zero-order valence-corrected chi connectivity index (χ0v) is 9.39. The summed E-state index contributed by atoms with van der Waals surface area (Å²) in [6.45, 7) is 2.96. The number of rotatable bonds is 4. The van der Waals surface area contributed by atoms with Gasteiger partial charge in [0.25, 0.3) is 0 Å². The third-order valence-corrected chi connectivity index (χ3v) is 2.68. The van der Waals surface area contributed by atoms with Gasteiger partial charge in [-0.05, 0) is 6.42 Å². The van der Waals surface area contributed by atoms with Crippen LogP contribution in [0.1, 0.15) is 19.8 Å². The molecule has 6 heteroatoms. The Morgan fingerprint density at radius 3 is 2.88 bits per heavy atom. The topological polar surface area (TPSA) is 92.9 Å². The van der Waals surface area contributed by atoms with E-state index in [-0.39, 0.29) is 18.9 Å². The third kappa shape index (κ3) is 3.18. The number of ether oxygens (including phenoxy) is 1. The zero-order valence-electron chi connectivity index (χ0n) is 9.39. The molecule has 92 valence electrons. The first-order valence-electron chi connectivity index (χ1n) is 5.41. The molecule has 3 N–H and O–H groups in total. The van der Waals surface area contributed by atoms with E-state index in [0.29, 0.717) is 19.6 Å². The number of carboxylic acids is 1. The largest absolute Gasteiger partial charge is 0.481 e. The Labute approximate surface area is 94.3 Å². The van der Waals surface area contributed by atoms with Gasteiger partial charge in [-0.2, -0.15) is 0 Å². The van der Waals surface area contributed by atoms with E-state index < -0.39 is 18.1 Å². The van der Waals surface area contributed by atoms with Crippen LogP contribution >= 0.6 is 0 Å². The molecule has 0 aromatic carbocycles. The Bertz CT molecular complexity index is 270. The predicted molar refractivity (Wildman–Crippen MR) is 56.8 cm³/mol. The number of amides is 1. The van der Waals surface area contributed by atoms with Gasteiger partial charge in [0.2, 0.25) is 5.91 Å². The smallest absolute Gasteiger partial charge is 0.305 e. The highest BCUT2D eigenvalue weighted by Gasteiger charge is 2.31. The van der Waals surface area contributed by atoms with Crippen LogP contribution in [-0.4, -0.2) is 53.7 Å². The molecule has 0 aromatic heterocycles. The summed E-state index contributed by atoms with van der Waals surface area (Å²) in [5, 5.41) is 8.74. The Morgan fingerprint density at radius 1 is 1.62 bits per heavy atom. The molecule has 1 unspecified atom stereocenters. The molecule has 0 saturated carbocycles. The van der Waals surface area contributed by atoms with Gasteiger partial charge < -0.3 is 20.5 Å². The summed E-state index contributed by atoms with van der Waals surface area (Å²) in [5.74, 6) is -1.12. The highest BCUT2D eigenvalue weighted by atomic mass is 16.5. The van der Waals surface area contributed by atoms with Crippen molar-refractivity contribution in [2.75, 3.05) is 19.8 Å². The lowest BCUT2D eigenvalue weighted by Gasteiger charge is -2.36. The number of carbonyl (C=O) groups is 2. The first-order valence-corrected chi connectivity index (χ1v) is 5.41. The number of aliphatic carboxylic acids is 1. The van der Waals surface area contributed by atoms with Crippen LogP contribution in [0.4, 0.5) is 0 Å². The molecule has 16 heavy (non-hydrogen) atoms. The van der Waals surface area contributed by atoms with E-state index in [1.54, 1.807) is 0 Å². The minimum Gasteiger partial charge on any atom is -0.481 e. The zero-order chi connectivity index (χ0) is 12.1. The number of hydrogen-bond donors (Lipinski definition) is 2. The van der Waals surface area contributed by atoms with Gasteiger partial charge in [-0.1, -0.05) is 6.92 Å². The molecule has 0 aromatic rings. The van der Waals surface area contributed by atoms with Crippen LogP contribution in [0.2, 0.25) is 0 Å². The van der Waals surface area contributed by atoms with Crippen molar-refractivity contribution in [2.45, 2.75) is 31.8 Å². The van der Waals surface area contributed by atoms with Crippen LogP contribution in [-0.2, 0) is 14.3 Å². The minimum absolute atomic E-state index is 0.0951. The van der Waals surface area contributed by atoms with Crippen molar-refractivity contribution >= 4 is 11.9 Å². The maximum Gasteiger partial charge on any atom is 0.305 e. The predicted octanol–water partition coefficient (Wildman–Crippen LogP) is -0.574. The second-order valence-corrected chi connectivity index (χ2v) is 3.87. The van der Waals surface area contributed by atoms with Gasteiger partial charge in [0.15, 0.2) is 0 Å². The average molecular weight is 230 g/mol. The van der Waals surface area contributed by atoms with Crippen LogP contribution in [0.5, 0.6) is 0 Å². The molecule has 0 spiro atoms. The van der Waals surface area contributed by atoms with E-state index in [4.69, 9.17) is 15.6 Å². The van der Waals surface area contributed by atoms with Gasteiger partial charge in [0.1, 0.15) is 0 Å². The van der Waals surface area contributed by atoms with Crippen LogP contribution in [0, 0.1) is 0 Å². The molecule has 0 aliphatic carbocycles. The lowest BCUT2D eigenvalue weighted by Crippen LogP contribution is -2.54. The fourth-order valence-corrected chi connectivity index (χ4v) is 1.70. The van der Waals surface area contributed by atoms with Gasteiger partial charge in [0.05, 0.1) is 31.7 Å². The molecule has 1 amide bonds. The lowest BCUT2D eigenvalue weighted by molar-refractivity contribution is -0.147. The number of carbonyl (C=O) groups excluding carboxylic acids is 1. The molecule has 1 heterocycles. The standard InChI is InChI=1S/C10H18N2O4/c1-2-8(11)10(15)12-3-4-16-6-7(12)5-9(13)14/h7-8H,2-6,11H2,1H3,(H,13,14)/t7?,8-/m1/s1. The number of hydrogen-bond acceptors (Lipinski definition) is 4. The monoisotopic (exact) mass is 230 g/mol. The quantitative estimate of drug-likeness (QED) is 0.674. The number of nitrogens with zero attached hydrogens (tertiary/aromatic N) is 1. The summed E-state index contributed by atoms with van der Waals surface area (Å²) in [6.07, 6.45) is 0.457. The van der Waals surface area contributed by atoms with E-state index in [2.05, 4.69) is 0 Å². The molecule has 1 rings (SSSR count). The van der Waals surface area contributed by atoms with Gasteiger partial charge >= 0.3 is 5.97 Å². The molecule has 6 nitrogen and oxygen atoms in total. The van der Waals surface area contributed by atoms with Gasteiger partial charge in [-0.15, -0.1) is 0 Å². The molecule has 1 aliphatic heterocycles. The number of carboxylic acid groups (broad SMARTS) is 1. The van der Waals surface area contributed by atoms with E-state index in [0.717, 1.165) is 0 Å². The second kappa shape index (κ2) is 5.81. The Hall–Kier alpha value is -1.14. The summed E-state index contributed by atoms with van der Waals surface area (Å²) >= 11 is 0. The molecular weight excluding hydrogens is 212 g/mol. The van der Waals surface area contributed by atoms with Crippen molar-refractivity contribution in [1.29, 1.82) is 0 Å². The molecular formula is C10H18N2O4. The second-order valence-electron chi connectivity index (χ2n) is 3.87. The fraction of sp³-hybridized carbons (Fsp3) is 0.800. The molecule has 1 aliphatic rings. The minimum atomic E-state index is -0.932. The van der Waals surface area contributed by atoms with Crippen molar-refractivity contribution < 1.29 is 19.4 Å². The summed E-state index contributed by atoms with van der Waals surface area (Å²) in [6, 6.07) is -0.939. The first-order chi connectivity index (χ1) is 7.56. The van der Waals surface area contributed by atoms with Crippen LogP contribution in [0.25, 0.3) is 0 Å². The summed E-state index contributed by atoms with van der Waals surface area (Å²) in [4.78, 5) is 24.1. The van der Waals surface area contributed by atoms with Crippen molar-refractivity contribution in [3.8, 4) is 0 Å². The van der Waals surface area contributed by atoms with Gasteiger partial charge in [0, 0.05) is 6.54 Å². The normalized spacial score (nSPS) is 22.9. The number of nitrogens with two attached hydrogens (primary N) is 1. The Balaban J connectivity index is 2.65. The summed E-state index contributed by atoms with van der Waals surface area (Å²) in [5.41, 5.74) is 5.66. The van der Waals surface area contributed by atoms with E-state index in [1.807, 2.05) is 6.92 Å². The van der Waals surface area contributed by atoms with Gasteiger partial charge in [-0.25, -0.2) is 0 Å². The van der Waals surface area contributed by atoms with E-state index >= 15 is 0 Å². The van der Waals surface area contributed by atoms with E-state index in [1.165, 1.54) is 4.90 Å². The molecule has 1 saturated heterocycles. The molecule has 2 atom stereocenters. The van der Waals surface area contributed by atoms with Crippen molar-refractivity contribution in [3.63, 3.8) is 0 Å². The maximum atomic E-state index is 11.9. The summed E-state index contributed by atoms with van der Waals surface area (Å²) < 4.78 is 5.18. The van der Waals surface area contributed by atoms with Crippen LogP contribution in [0.15, 0.2) is 0 Å². The maximum absolute atomic E-state index is 11.9.